The quantitative estimate of drug-likeness (QED) is 0.228. The molecule has 1 N–H and O–H groups in total. The number of amides is 4. The molecule has 1 heterocycles. The van der Waals surface area contributed by atoms with Crippen LogP contribution in [0.25, 0.3) is 6.08 Å². The number of imide groups is 2. The van der Waals surface area contributed by atoms with Crippen LogP contribution >= 0.6 is 15.9 Å². The molecule has 3 aromatic carbocycles. The van der Waals surface area contributed by atoms with E-state index >= 15 is 0 Å². The van der Waals surface area contributed by atoms with Crippen molar-refractivity contribution >= 4 is 51.5 Å². The van der Waals surface area contributed by atoms with Crippen molar-refractivity contribution in [1.29, 1.82) is 0 Å². The summed E-state index contributed by atoms with van der Waals surface area (Å²) in [4.78, 5) is 51.7. The summed E-state index contributed by atoms with van der Waals surface area (Å²) in [5, 5.41) is 2.19. The lowest BCUT2D eigenvalue weighted by Gasteiger charge is -2.26. The number of nitrogens with zero attached hydrogens (tertiary/aromatic N) is 1. The Morgan fingerprint density at radius 1 is 0.912 bits per heavy atom. The highest BCUT2D eigenvalue weighted by atomic mass is 79.9. The Labute approximate surface area is 204 Å². The third kappa shape index (κ3) is 4.82. The number of esters is 1. The van der Waals surface area contributed by atoms with E-state index in [2.05, 4.69) is 21.2 Å². The van der Waals surface area contributed by atoms with E-state index in [1.165, 1.54) is 6.08 Å². The summed E-state index contributed by atoms with van der Waals surface area (Å²) in [6.45, 7) is 3.79. The van der Waals surface area contributed by atoms with Gasteiger partial charge in [0.15, 0.2) is 0 Å². The first kappa shape index (κ1) is 23.1. The normalized spacial score (nSPS) is 14.9. The third-order valence-electron chi connectivity index (χ3n) is 5.16. The number of barbiturate groups is 1. The van der Waals surface area contributed by atoms with Crippen molar-refractivity contribution in [3.05, 3.63) is 99.0 Å². The number of rotatable bonds is 4. The molecule has 1 fully saturated rings. The number of urea groups is 1. The Morgan fingerprint density at radius 3 is 2.18 bits per heavy atom. The minimum Gasteiger partial charge on any atom is -0.422 e. The highest BCUT2D eigenvalue weighted by molar-refractivity contribution is 9.10. The van der Waals surface area contributed by atoms with Crippen LogP contribution in [0.2, 0.25) is 0 Å². The molecule has 3 aromatic rings. The van der Waals surface area contributed by atoms with Crippen molar-refractivity contribution in [1.82, 2.24) is 5.32 Å². The molecule has 4 amide bonds. The van der Waals surface area contributed by atoms with Gasteiger partial charge in [0, 0.05) is 10.0 Å². The van der Waals surface area contributed by atoms with Crippen LogP contribution in [0.15, 0.2) is 76.8 Å². The number of halogens is 1. The van der Waals surface area contributed by atoms with Gasteiger partial charge in [0.2, 0.25) is 0 Å². The lowest BCUT2D eigenvalue weighted by atomic mass is 10.1. The lowest BCUT2D eigenvalue weighted by Crippen LogP contribution is -2.54. The van der Waals surface area contributed by atoms with Gasteiger partial charge in [-0.3, -0.25) is 14.9 Å². The number of hydrogen-bond donors (Lipinski definition) is 1. The van der Waals surface area contributed by atoms with Crippen LogP contribution in [0.3, 0.4) is 0 Å². The van der Waals surface area contributed by atoms with Gasteiger partial charge in [-0.2, -0.15) is 0 Å². The van der Waals surface area contributed by atoms with E-state index in [1.807, 2.05) is 13.8 Å². The number of carbonyl (C=O) groups excluding carboxylic acids is 4. The fourth-order valence-corrected chi connectivity index (χ4v) is 3.69. The minimum atomic E-state index is -0.839. The van der Waals surface area contributed by atoms with Gasteiger partial charge in [0.1, 0.15) is 11.3 Å². The number of carbonyl (C=O) groups is 4. The van der Waals surface area contributed by atoms with E-state index in [4.69, 9.17) is 4.74 Å². The molecule has 8 heteroatoms. The largest absolute Gasteiger partial charge is 0.422 e. The van der Waals surface area contributed by atoms with Crippen molar-refractivity contribution in [2.45, 2.75) is 13.8 Å². The van der Waals surface area contributed by atoms with Crippen LogP contribution in [0.4, 0.5) is 10.5 Å². The number of ether oxygens (including phenoxy) is 1. The maximum absolute atomic E-state index is 13.2. The number of nitrogens with one attached hydrogen (secondary N) is 1. The summed E-state index contributed by atoms with van der Waals surface area (Å²) in [5.74, 6) is -2.05. The van der Waals surface area contributed by atoms with Crippen LogP contribution < -0.4 is 15.0 Å². The van der Waals surface area contributed by atoms with Gasteiger partial charge >= 0.3 is 12.0 Å². The van der Waals surface area contributed by atoms with E-state index in [1.54, 1.807) is 66.7 Å². The molecule has 7 nitrogen and oxygen atoms in total. The molecular weight excluding hydrogens is 500 g/mol. The SMILES string of the molecule is Cc1ccc(C(=O)Oc2ccc(Br)cc2/C=C2/C(=O)NC(=O)N(c3ccc(C)cc3)C2=O)cc1. The van der Waals surface area contributed by atoms with Gasteiger partial charge in [-0.05, 0) is 62.4 Å². The first-order valence-corrected chi connectivity index (χ1v) is 11.1. The molecule has 0 saturated carbocycles. The molecule has 0 spiro atoms. The van der Waals surface area contributed by atoms with E-state index in [9.17, 15) is 19.2 Å². The number of anilines is 1. The van der Waals surface area contributed by atoms with Gasteiger partial charge in [-0.1, -0.05) is 51.3 Å². The van der Waals surface area contributed by atoms with Gasteiger partial charge in [0.05, 0.1) is 11.3 Å². The first-order valence-electron chi connectivity index (χ1n) is 10.3. The zero-order chi connectivity index (χ0) is 24.4. The number of hydrogen-bond acceptors (Lipinski definition) is 5. The smallest absolute Gasteiger partial charge is 0.343 e. The van der Waals surface area contributed by atoms with E-state index in [0.29, 0.717) is 21.3 Å². The Balaban J connectivity index is 1.70. The molecule has 1 aliphatic heterocycles. The van der Waals surface area contributed by atoms with Crippen molar-refractivity contribution in [3.63, 3.8) is 0 Å². The second-order valence-electron chi connectivity index (χ2n) is 7.73. The molecule has 0 radical (unpaired) electrons. The van der Waals surface area contributed by atoms with E-state index in [0.717, 1.165) is 16.0 Å². The summed E-state index contributed by atoms with van der Waals surface area (Å²) in [6, 6.07) is 17.6. The number of benzene rings is 3. The third-order valence-corrected chi connectivity index (χ3v) is 5.65. The molecule has 0 atom stereocenters. The van der Waals surface area contributed by atoms with Crippen LogP contribution in [-0.2, 0) is 9.59 Å². The maximum atomic E-state index is 13.2. The average Bonchev–Trinajstić information content (AvgIpc) is 2.80. The predicted molar refractivity (Wildman–Crippen MR) is 130 cm³/mol. The van der Waals surface area contributed by atoms with Gasteiger partial charge in [-0.15, -0.1) is 0 Å². The van der Waals surface area contributed by atoms with Gasteiger partial charge in [-0.25, -0.2) is 14.5 Å². The zero-order valence-corrected chi connectivity index (χ0v) is 19.9. The van der Waals surface area contributed by atoms with Gasteiger partial charge in [0.25, 0.3) is 11.8 Å². The summed E-state index contributed by atoms with van der Waals surface area (Å²) < 4.78 is 6.20. The fraction of sp³-hybridized carbons (Fsp3) is 0.0769. The topological polar surface area (TPSA) is 92.8 Å². The Morgan fingerprint density at radius 2 is 1.53 bits per heavy atom. The highest BCUT2D eigenvalue weighted by Crippen LogP contribution is 2.29. The molecular formula is C26H19BrN2O5. The molecule has 0 bridgehead atoms. The molecule has 34 heavy (non-hydrogen) atoms. The molecule has 0 aromatic heterocycles. The highest BCUT2D eigenvalue weighted by Gasteiger charge is 2.37. The van der Waals surface area contributed by atoms with Crippen LogP contribution in [0.5, 0.6) is 5.75 Å². The molecule has 0 unspecified atom stereocenters. The second-order valence-corrected chi connectivity index (χ2v) is 8.65. The van der Waals surface area contributed by atoms with Crippen molar-refractivity contribution < 1.29 is 23.9 Å². The Hall–Kier alpha value is -4.04. The van der Waals surface area contributed by atoms with E-state index < -0.39 is 23.8 Å². The number of aryl methyl sites for hydroxylation is 2. The summed E-state index contributed by atoms with van der Waals surface area (Å²) in [6.07, 6.45) is 1.30. The molecule has 0 aliphatic carbocycles. The molecule has 1 aliphatic rings. The maximum Gasteiger partial charge on any atom is 0.343 e. The Bertz CT molecular complexity index is 1340. The Kier molecular flexibility index (Phi) is 6.43. The van der Waals surface area contributed by atoms with Crippen LogP contribution in [0.1, 0.15) is 27.0 Å². The summed E-state index contributed by atoms with van der Waals surface area (Å²) >= 11 is 3.36. The van der Waals surface area contributed by atoms with E-state index in [-0.39, 0.29) is 11.3 Å². The predicted octanol–water partition coefficient (Wildman–Crippen LogP) is 4.95. The van der Waals surface area contributed by atoms with Gasteiger partial charge < -0.3 is 4.74 Å². The summed E-state index contributed by atoms with van der Waals surface area (Å²) in [7, 11) is 0. The van der Waals surface area contributed by atoms with Crippen molar-refractivity contribution in [2.24, 2.45) is 0 Å². The first-order chi connectivity index (χ1) is 16.2. The monoisotopic (exact) mass is 518 g/mol. The fourth-order valence-electron chi connectivity index (χ4n) is 3.31. The second kappa shape index (κ2) is 9.44. The molecule has 170 valence electrons. The zero-order valence-electron chi connectivity index (χ0n) is 18.3. The van der Waals surface area contributed by atoms with Crippen LogP contribution in [-0.4, -0.2) is 23.8 Å². The molecule has 1 saturated heterocycles. The standard InChI is InChI=1S/C26H19BrN2O5/c1-15-3-7-17(8-4-15)25(32)34-22-12-9-19(27)13-18(22)14-21-23(30)28-26(33)29(24(21)31)20-10-5-16(2)6-11-20/h3-14H,1-2H3,(H,28,30,33)/b21-14-. The average molecular weight is 519 g/mol. The summed E-state index contributed by atoms with van der Waals surface area (Å²) in [5.41, 5.74) is 2.67. The lowest BCUT2D eigenvalue weighted by molar-refractivity contribution is -0.122. The van der Waals surface area contributed by atoms with Crippen molar-refractivity contribution in [3.8, 4) is 5.75 Å². The molecule has 4 rings (SSSR count). The van der Waals surface area contributed by atoms with Crippen LogP contribution in [0, 0.1) is 13.8 Å². The minimum absolute atomic E-state index is 0.153. The van der Waals surface area contributed by atoms with Crippen molar-refractivity contribution in [2.75, 3.05) is 4.90 Å².